The lowest BCUT2D eigenvalue weighted by atomic mass is 9.86. The molecule has 0 atom stereocenters. The van der Waals surface area contributed by atoms with Crippen LogP contribution >= 0.6 is 23.2 Å². The first-order valence-electron chi connectivity index (χ1n) is 7.81. The highest BCUT2D eigenvalue weighted by atomic mass is 35.5. The first-order valence-corrected chi connectivity index (χ1v) is 8.57. The van der Waals surface area contributed by atoms with Crippen molar-refractivity contribution < 1.29 is 13.6 Å². The van der Waals surface area contributed by atoms with E-state index in [0.717, 1.165) is 0 Å². The van der Waals surface area contributed by atoms with Crippen molar-refractivity contribution in [2.24, 2.45) is 0 Å². The molecule has 2 aromatic carbocycles. The highest BCUT2D eigenvalue weighted by Crippen LogP contribution is 2.32. The predicted octanol–water partition coefficient (Wildman–Crippen LogP) is 6.49. The van der Waals surface area contributed by atoms with Crippen LogP contribution in [0, 0.1) is 11.6 Å². The van der Waals surface area contributed by atoms with Gasteiger partial charge in [0.15, 0.2) is 5.78 Å². The number of halogens is 4. The number of rotatable bonds is 2. The third-order valence-electron chi connectivity index (χ3n) is 4.11. The summed E-state index contributed by atoms with van der Waals surface area (Å²) in [5.41, 5.74) is 1.30. The van der Waals surface area contributed by atoms with E-state index in [1.54, 1.807) is 12.1 Å². The molecule has 0 spiro atoms. The van der Waals surface area contributed by atoms with E-state index < -0.39 is 11.6 Å². The molecule has 1 aliphatic carbocycles. The second-order valence-corrected chi connectivity index (χ2v) is 6.61. The molecule has 128 valence electrons. The average molecular weight is 379 g/mol. The van der Waals surface area contributed by atoms with Crippen LogP contribution < -0.4 is 0 Å². The van der Waals surface area contributed by atoms with Crippen LogP contribution in [0.3, 0.4) is 0 Å². The molecule has 0 radical (unpaired) electrons. The molecule has 0 unspecified atom stereocenters. The number of carbonyl (C=O) groups is 1. The lowest BCUT2D eigenvalue weighted by Gasteiger charge is -2.17. The first kappa shape index (κ1) is 17.8. The Kier molecular flexibility index (Phi) is 5.36. The smallest absolute Gasteiger partial charge is 0.185 e. The summed E-state index contributed by atoms with van der Waals surface area (Å²) in [5, 5.41) is 0.488. The largest absolute Gasteiger partial charge is 0.289 e. The molecule has 1 fully saturated rings. The summed E-state index contributed by atoms with van der Waals surface area (Å²) in [7, 11) is 0. The SMILES string of the molecule is O=C1/C(=C/c2c(F)cccc2Cl)CCC/C1=C\c1c(F)cccc1Cl. The maximum Gasteiger partial charge on any atom is 0.185 e. The van der Waals surface area contributed by atoms with Crippen molar-refractivity contribution in [3.8, 4) is 0 Å². The van der Waals surface area contributed by atoms with Crippen molar-refractivity contribution in [2.45, 2.75) is 19.3 Å². The molecule has 0 N–H and O–H groups in total. The van der Waals surface area contributed by atoms with Gasteiger partial charge in [-0.2, -0.15) is 0 Å². The van der Waals surface area contributed by atoms with Gasteiger partial charge < -0.3 is 0 Å². The van der Waals surface area contributed by atoms with E-state index in [2.05, 4.69) is 0 Å². The van der Waals surface area contributed by atoms with Crippen LogP contribution in [0.1, 0.15) is 30.4 Å². The third-order valence-corrected chi connectivity index (χ3v) is 4.77. The highest BCUT2D eigenvalue weighted by Gasteiger charge is 2.22. The maximum atomic E-state index is 14.0. The van der Waals surface area contributed by atoms with Gasteiger partial charge in [-0.15, -0.1) is 0 Å². The molecule has 0 heterocycles. The van der Waals surface area contributed by atoms with Gasteiger partial charge in [0.2, 0.25) is 0 Å². The normalized spacial score (nSPS) is 18.2. The molecule has 1 saturated carbocycles. The zero-order valence-electron chi connectivity index (χ0n) is 13.2. The molecule has 3 rings (SSSR count). The van der Waals surface area contributed by atoms with E-state index >= 15 is 0 Å². The zero-order chi connectivity index (χ0) is 18.0. The molecule has 0 saturated heterocycles. The quantitative estimate of drug-likeness (QED) is 0.545. The first-order chi connectivity index (χ1) is 12.0. The number of hydrogen-bond acceptors (Lipinski definition) is 1. The summed E-state index contributed by atoms with van der Waals surface area (Å²) in [6.45, 7) is 0. The molecule has 0 amide bonds. The Labute approximate surface area is 154 Å². The van der Waals surface area contributed by atoms with Gasteiger partial charge in [0.25, 0.3) is 0 Å². The van der Waals surface area contributed by atoms with Crippen LogP contribution in [-0.2, 0) is 4.79 Å². The van der Waals surface area contributed by atoms with Gasteiger partial charge in [0.1, 0.15) is 11.6 Å². The summed E-state index contributed by atoms with van der Waals surface area (Å²) in [4.78, 5) is 12.7. The summed E-state index contributed by atoms with van der Waals surface area (Å²) < 4.78 is 27.9. The van der Waals surface area contributed by atoms with E-state index in [1.165, 1.54) is 36.4 Å². The minimum absolute atomic E-state index is 0.192. The monoisotopic (exact) mass is 378 g/mol. The third kappa shape index (κ3) is 3.83. The topological polar surface area (TPSA) is 17.1 Å². The van der Waals surface area contributed by atoms with Gasteiger partial charge in [-0.05, 0) is 55.7 Å². The number of Topliss-reactive ketones (excluding diaryl/α,β-unsaturated/α-hetero) is 1. The van der Waals surface area contributed by atoms with E-state index in [9.17, 15) is 13.6 Å². The molecule has 25 heavy (non-hydrogen) atoms. The van der Waals surface area contributed by atoms with E-state index in [4.69, 9.17) is 23.2 Å². The molecule has 0 aromatic heterocycles. The summed E-state index contributed by atoms with van der Waals surface area (Å²) in [5.74, 6) is -1.20. The van der Waals surface area contributed by atoms with Gasteiger partial charge in [-0.25, -0.2) is 8.78 Å². The number of hydrogen-bond donors (Lipinski definition) is 0. The predicted molar refractivity (Wildman–Crippen MR) is 97.6 cm³/mol. The Morgan fingerprint density at radius 2 is 1.24 bits per heavy atom. The van der Waals surface area contributed by atoms with Gasteiger partial charge >= 0.3 is 0 Å². The number of ketones is 1. The summed E-state index contributed by atoms with van der Waals surface area (Å²) in [6.07, 6.45) is 4.71. The minimum Gasteiger partial charge on any atom is -0.289 e. The molecule has 0 bridgehead atoms. The second-order valence-electron chi connectivity index (χ2n) is 5.79. The van der Waals surface area contributed by atoms with E-state index in [1.807, 2.05) is 0 Å². The standard InChI is InChI=1S/C20H14Cl2F2O/c21-16-6-2-8-18(23)14(16)10-12-4-1-5-13(20(12)25)11-15-17(22)7-3-9-19(15)24/h2-3,6-11H,1,4-5H2/b12-10+,13-11+. The molecule has 1 nitrogen and oxygen atoms in total. The molecule has 1 aliphatic rings. The fourth-order valence-electron chi connectivity index (χ4n) is 2.82. The average Bonchev–Trinajstić information content (AvgIpc) is 2.57. The number of carbonyl (C=O) groups excluding carboxylic acids is 1. The van der Waals surface area contributed by atoms with Crippen LogP contribution in [0.15, 0.2) is 47.5 Å². The van der Waals surface area contributed by atoms with Crippen LogP contribution in [0.2, 0.25) is 10.0 Å². The van der Waals surface area contributed by atoms with Gasteiger partial charge in [-0.3, -0.25) is 4.79 Å². The Morgan fingerprint density at radius 3 is 1.64 bits per heavy atom. The van der Waals surface area contributed by atoms with Crippen LogP contribution in [0.25, 0.3) is 12.2 Å². The van der Waals surface area contributed by atoms with Gasteiger partial charge in [-0.1, -0.05) is 35.3 Å². The van der Waals surface area contributed by atoms with Crippen molar-refractivity contribution >= 4 is 41.1 Å². The maximum absolute atomic E-state index is 14.0. The lowest BCUT2D eigenvalue weighted by molar-refractivity contribution is -0.112. The highest BCUT2D eigenvalue weighted by molar-refractivity contribution is 6.33. The van der Waals surface area contributed by atoms with Gasteiger partial charge in [0.05, 0.1) is 10.0 Å². The lowest BCUT2D eigenvalue weighted by Crippen LogP contribution is -2.12. The van der Waals surface area contributed by atoms with Crippen molar-refractivity contribution in [1.82, 2.24) is 0 Å². The fraction of sp³-hybridized carbons (Fsp3) is 0.150. The minimum atomic E-state index is -0.485. The summed E-state index contributed by atoms with van der Waals surface area (Å²) in [6, 6.07) is 8.74. The van der Waals surface area contributed by atoms with Crippen molar-refractivity contribution in [1.29, 1.82) is 0 Å². The molecule has 2 aromatic rings. The molecular formula is C20H14Cl2F2O. The molecular weight excluding hydrogens is 365 g/mol. The van der Waals surface area contributed by atoms with Crippen LogP contribution in [-0.4, -0.2) is 5.78 Å². The van der Waals surface area contributed by atoms with Crippen LogP contribution in [0.4, 0.5) is 8.78 Å². The number of allylic oxidation sites excluding steroid dienone is 2. The van der Waals surface area contributed by atoms with Crippen LogP contribution in [0.5, 0.6) is 0 Å². The van der Waals surface area contributed by atoms with Gasteiger partial charge in [0, 0.05) is 22.3 Å². The van der Waals surface area contributed by atoms with Crippen molar-refractivity contribution in [2.75, 3.05) is 0 Å². The second kappa shape index (κ2) is 7.51. The molecule has 5 heteroatoms. The molecule has 0 aliphatic heterocycles. The van der Waals surface area contributed by atoms with Crippen molar-refractivity contribution in [3.05, 3.63) is 80.4 Å². The Hall–Kier alpha value is -1.97. The van der Waals surface area contributed by atoms with Crippen molar-refractivity contribution in [3.63, 3.8) is 0 Å². The van der Waals surface area contributed by atoms with E-state index in [0.29, 0.717) is 30.4 Å². The Bertz CT molecular complexity index is 789. The zero-order valence-corrected chi connectivity index (χ0v) is 14.7. The summed E-state index contributed by atoms with van der Waals surface area (Å²) >= 11 is 12.1. The number of benzene rings is 2. The fourth-order valence-corrected chi connectivity index (χ4v) is 3.26. The Morgan fingerprint density at radius 1 is 0.800 bits per heavy atom. The Balaban J connectivity index is 1.99. The van der Waals surface area contributed by atoms with E-state index in [-0.39, 0.29) is 27.0 Å².